The van der Waals surface area contributed by atoms with Gasteiger partial charge in [-0.2, -0.15) is 0 Å². The van der Waals surface area contributed by atoms with Crippen molar-refractivity contribution in [2.75, 3.05) is 6.26 Å². The van der Waals surface area contributed by atoms with Crippen molar-refractivity contribution in [3.05, 3.63) is 62.2 Å². The third kappa shape index (κ3) is 4.10. The van der Waals surface area contributed by atoms with Crippen molar-refractivity contribution in [2.24, 2.45) is 0 Å². The molecule has 25 heavy (non-hydrogen) atoms. The van der Waals surface area contributed by atoms with E-state index in [2.05, 4.69) is 0 Å². The first-order chi connectivity index (χ1) is 11.6. The third-order valence-electron chi connectivity index (χ3n) is 3.40. The number of nitro groups is 2. The van der Waals surface area contributed by atoms with E-state index in [9.17, 15) is 28.6 Å². The molecule has 9 nitrogen and oxygen atoms in total. The maximum atomic E-state index is 11.5. The SMILES string of the molecule is CCc1ccc(Oc2ccc(S(C)(=O)=O)cc2[N+](=O)[O-])c([N+](=O)[O-])c1. The summed E-state index contributed by atoms with van der Waals surface area (Å²) < 4.78 is 28.4. The first kappa shape index (κ1) is 18.3. The van der Waals surface area contributed by atoms with E-state index in [1.165, 1.54) is 12.1 Å². The zero-order valence-electron chi connectivity index (χ0n) is 13.3. The molecule has 0 saturated carbocycles. The second kappa shape index (κ2) is 6.85. The second-order valence-corrected chi connectivity index (χ2v) is 7.19. The maximum absolute atomic E-state index is 11.5. The number of ether oxygens (including phenoxy) is 1. The molecule has 0 aromatic heterocycles. The molecular formula is C15H14N2O7S. The molecule has 0 atom stereocenters. The lowest BCUT2D eigenvalue weighted by Gasteiger charge is -2.09. The minimum atomic E-state index is -3.65. The van der Waals surface area contributed by atoms with Crippen LogP contribution in [0.25, 0.3) is 0 Å². The van der Waals surface area contributed by atoms with Crippen LogP contribution in [0.4, 0.5) is 11.4 Å². The fraction of sp³-hybridized carbons (Fsp3) is 0.200. The quantitative estimate of drug-likeness (QED) is 0.566. The number of nitro benzene ring substituents is 2. The molecule has 0 aliphatic carbocycles. The zero-order valence-corrected chi connectivity index (χ0v) is 14.1. The highest BCUT2D eigenvalue weighted by Crippen LogP contribution is 2.37. The number of hydrogen-bond donors (Lipinski definition) is 0. The average molecular weight is 366 g/mol. The molecule has 0 aliphatic rings. The van der Waals surface area contributed by atoms with Crippen LogP contribution in [0.15, 0.2) is 41.3 Å². The Labute approximate surface area is 143 Å². The minimum Gasteiger partial charge on any atom is -0.443 e. The molecule has 0 heterocycles. The summed E-state index contributed by atoms with van der Waals surface area (Å²) >= 11 is 0. The molecule has 0 saturated heterocycles. The van der Waals surface area contributed by atoms with E-state index >= 15 is 0 Å². The molecule has 0 spiro atoms. The highest BCUT2D eigenvalue weighted by molar-refractivity contribution is 7.90. The van der Waals surface area contributed by atoms with Gasteiger partial charge < -0.3 is 4.74 Å². The predicted molar refractivity (Wildman–Crippen MR) is 88.8 cm³/mol. The van der Waals surface area contributed by atoms with Gasteiger partial charge in [0.2, 0.25) is 11.5 Å². The third-order valence-corrected chi connectivity index (χ3v) is 4.51. The summed E-state index contributed by atoms with van der Waals surface area (Å²) in [6, 6.07) is 7.39. The van der Waals surface area contributed by atoms with E-state index in [1.807, 2.05) is 6.92 Å². The van der Waals surface area contributed by atoms with E-state index in [1.54, 1.807) is 6.07 Å². The second-order valence-electron chi connectivity index (χ2n) is 5.17. The Morgan fingerprint density at radius 3 is 1.96 bits per heavy atom. The number of benzene rings is 2. The molecule has 0 fully saturated rings. The van der Waals surface area contributed by atoms with Gasteiger partial charge in [0.25, 0.3) is 0 Å². The predicted octanol–water partition coefficient (Wildman–Crippen LogP) is 3.26. The number of sulfone groups is 1. The highest BCUT2D eigenvalue weighted by Gasteiger charge is 2.23. The van der Waals surface area contributed by atoms with Crippen LogP contribution in [0.2, 0.25) is 0 Å². The van der Waals surface area contributed by atoms with E-state index in [0.717, 1.165) is 24.5 Å². The largest absolute Gasteiger partial charge is 0.443 e. The van der Waals surface area contributed by atoms with Crippen LogP contribution in [-0.2, 0) is 16.3 Å². The fourth-order valence-corrected chi connectivity index (χ4v) is 2.73. The smallest absolute Gasteiger partial charge is 0.312 e. The van der Waals surface area contributed by atoms with Crippen molar-refractivity contribution in [1.29, 1.82) is 0 Å². The number of rotatable bonds is 6. The van der Waals surface area contributed by atoms with E-state index in [-0.39, 0.29) is 22.1 Å². The van der Waals surface area contributed by atoms with Gasteiger partial charge in [-0.25, -0.2) is 8.42 Å². The summed E-state index contributed by atoms with van der Waals surface area (Å²) in [7, 11) is -3.65. The first-order valence-corrected chi connectivity index (χ1v) is 8.96. The van der Waals surface area contributed by atoms with Crippen LogP contribution in [0, 0.1) is 20.2 Å². The summed E-state index contributed by atoms with van der Waals surface area (Å²) in [5, 5.41) is 22.4. The topological polar surface area (TPSA) is 130 Å². The number of nitrogens with zero attached hydrogens (tertiary/aromatic N) is 2. The molecule has 0 aliphatic heterocycles. The molecule has 0 radical (unpaired) electrons. The van der Waals surface area contributed by atoms with Gasteiger partial charge in [-0.3, -0.25) is 20.2 Å². The van der Waals surface area contributed by atoms with Gasteiger partial charge in [-0.15, -0.1) is 0 Å². The number of hydrogen-bond acceptors (Lipinski definition) is 7. The van der Waals surface area contributed by atoms with E-state index < -0.39 is 25.4 Å². The monoisotopic (exact) mass is 366 g/mol. The molecule has 2 aromatic carbocycles. The van der Waals surface area contributed by atoms with Gasteiger partial charge >= 0.3 is 11.4 Å². The standard InChI is InChI=1S/C15H14N2O7S/c1-3-10-4-6-14(12(8-10)16(18)19)24-15-7-5-11(25(2,22)23)9-13(15)17(20)21/h4-9H,3H2,1-2H3. The van der Waals surface area contributed by atoms with Gasteiger partial charge in [0.15, 0.2) is 9.84 Å². The Morgan fingerprint density at radius 1 is 0.960 bits per heavy atom. The summed E-state index contributed by atoms with van der Waals surface area (Å²) in [6.45, 7) is 1.83. The van der Waals surface area contributed by atoms with Gasteiger partial charge in [-0.05, 0) is 30.2 Å². The molecule has 2 aromatic rings. The van der Waals surface area contributed by atoms with Gasteiger partial charge in [0, 0.05) is 18.4 Å². The van der Waals surface area contributed by atoms with Crippen molar-refractivity contribution < 1.29 is 23.0 Å². The van der Waals surface area contributed by atoms with Crippen LogP contribution in [-0.4, -0.2) is 24.5 Å². The van der Waals surface area contributed by atoms with Gasteiger partial charge in [0.05, 0.1) is 14.7 Å². The highest BCUT2D eigenvalue weighted by atomic mass is 32.2. The van der Waals surface area contributed by atoms with Crippen molar-refractivity contribution in [3.8, 4) is 11.5 Å². The Kier molecular flexibility index (Phi) is 5.02. The molecule has 10 heteroatoms. The van der Waals surface area contributed by atoms with Gasteiger partial charge in [-0.1, -0.05) is 13.0 Å². The first-order valence-electron chi connectivity index (χ1n) is 7.07. The summed E-state index contributed by atoms with van der Waals surface area (Å²) in [4.78, 5) is 20.7. The molecule has 0 amide bonds. The van der Waals surface area contributed by atoms with Crippen LogP contribution < -0.4 is 4.74 Å². The Morgan fingerprint density at radius 2 is 1.48 bits per heavy atom. The lowest BCUT2D eigenvalue weighted by molar-refractivity contribution is -0.387. The fourth-order valence-electron chi connectivity index (χ4n) is 2.09. The maximum Gasteiger partial charge on any atom is 0.312 e. The van der Waals surface area contributed by atoms with Crippen molar-refractivity contribution in [2.45, 2.75) is 18.2 Å². The normalized spacial score (nSPS) is 11.1. The summed E-state index contributed by atoms with van der Waals surface area (Å²) in [5.74, 6) is -0.456. The Balaban J connectivity index is 2.54. The van der Waals surface area contributed by atoms with Gasteiger partial charge in [0.1, 0.15) is 0 Å². The zero-order chi connectivity index (χ0) is 18.8. The van der Waals surface area contributed by atoms with Crippen LogP contribution >= 0.6 is 0 Å². The number of aryl methyl sites for hydroxylation is 1. The molecule has 2 rings (SSSR count). The molecule has 0 bridgehead atoms. The molecule has 132 valence electrons. The summed E-state index contributed by atoms with van der Waals surface area (Å²) in [6.07, 6.45) is 1.49. The van der Waals surface area contributed by atoms with E-state index in [0.29, 0.717) is 12.0 Å². The van der Waals surface area contributed by atoms with Crippen molar-refractivity contribution in [1.82, 2.24) is 0 Å². The molecule has 0 unspecified atom stereocenters. The lowest BCUT2D eigenvalue weighted by Crippen LogP contribution is -2.01. The minimum absolute atomic E-state index is 0.169. The lowest BCUT2D eigenvalue weighted by atomic mass is 10.1. The summed E-state index contributed by atoms with van der Waals surface area (Å²) in [5.41, 5.74) is -0.224. The van der Waals surface area contributed by atoms with Crippen LogP contribution in [0.1, 0.15) is 12.5 Å². The van der Waals surface area contributed by atoms with E-state index in [4.69, 9.17) is 4.74 Å². The average Bonchev–Trinajstić information content (AvgIpc) is 2.54. The Bertz CT molecular complexity index is 954. The van der Waals surface area contributed by atoms with Crippen LogP contribution in [0.3, 0.4) is 0 Å². The molecular weight excluding hydrogens is 352 g/mol. The van der Waals surface area contributed by atoms with Crippen LogP contribution in [0.5, 0.6) is 11.5 Å². The Hall–Kier alpha value is -3.01. The van der Waals surface area contributed by atoms with Crippen molar-refractivity contribution >= 4 is 21.2 Å². The van der Waals surface area contributed by atoms with Crippen molar-refractivity contribution in [3.63, 3.8) is 0 Å². The molecule has 0 N–H and O–H groups in total.